The van der Waals surface area contributed by atoms with Gasteiger partial charge in [-0.15, -0.1) is 0 Å². The molecule has 6 heteroatoms. The number of aromatic nitrogens is 2. The highest BCUT2D eigenvalue weighted by Crippen LogP contribution is 2.19. The third kappa shape index (κ3) is 4.76. The van der Waals surface area contributed by atoms with Gasteiger partial charge in [-0.1, -0.05) is 48.0 Å². The number of likely N-dealkylation sites (N-methyl/N-ethyl adjacent to an activating group) is 1. The van der Waals surface area contributed by atoms with Crippen molar-refractivity contribution in [2.75, 3.05) is 7.05 Å². The minimum absolute atomic E-state index is 0.126. The van der Waals surface area contributed by atoms with Gasteiger partial charge in [0.25, 0.3) is 5.91 Å². The summed E-state index contributed by atoms with van der Waals surface area (Å²) in [6, 6.07) is 15.6. The smallest absolute Gasteiger partial charge is 0.263 e. The van der Waals surface area contributed by atoms with Crippen LogP contribution < -0.4 is 4.74 Å². The van der Waals surface area contributed by atoms with Gasteiger partial charge in [-0.05, 0) is 44.0 Å². The van der Waals surface area contributed by atoms with Gasteiger partial charge < -0.3 is 14.2 Å². The summed E-state index contributed by atoms with van der Waals surface area (Å²) in [4.78, 5) is 18.8. The fourth-order valence-electron chi connectivity index (χ4n) is 2.91. The SMILES string of the molecule is CC[C@@H](Oc1cccc(C)c1)C(=O)N(C)Cc1nc(-c2cccc(C)c2)no1. The lowest BCUT2D eigenvalue weighted by molar-refractivity contribution is -0.138. The molecule has 0 fully saturated rings. The van der Waals surface area contributed by atoms with E-state index in [1.54, 1.807) is 11.9 Å². The van der Waals surface area contributed by atoms with E-state index in [9.17, 15) is 4.79 Å². The summed E-state index contributed by atoms with van der Waals surface area (Å²) < 4.78 is 11.2. The molecule has 1 atom stereocenters. The number of benzene rings is 2. The average Bonchev–Trinajstić information content (AvgIpc) is 3.14. The molecule has 0 bridgehead atoms. The van der Waals surface area contributed by atoms with Crippen molar-refractivity contribution in [3.63, 3.8) is 0 Å². The van der Waals surface area contributed by atoms with Crippen LogP contribution in [0.25, 0.3) is 11.4 Å². The molecule has 28 heavy (non-hydrogen) atoms. The van der Waals surface area contributed by atoms with Crippen molar-refractivity contribution >= 4 is 5.91 Å². The number of rotatable bonds is 7. The van der Waals surface area contributed by atoms with Gasteiger partial charge in [-0.25, -0.2) is 0 Å². The highest BCUT2D eigenvalue weighted by atomic mass is 16.5. The Labute approximate surface area is 165 Å². The molecule has 1 aromatic heterocycles. The highest BCUT2D eigenvalue weighted by molar-refractivity contribution is 5.81. The second-order valence-electron chi connectivity index (χ2n) is 6.91. The van der Waals surface area contributed by atoms with E-state index >= 15 is 0 Å². The van der Waals surface area contributed by atoms with Crippen molar-refractivity contribution in [3.8, 4) is 17.1 Å². The quantitative estimate of drug-likeness (QED) is 0.616. The molecule has 0 saturated carbocycles. The van der Waals surface area contributed by atoms with Crippen LogP contribution in [0.3, 0.4) is 0 Å². The zero-order valence-corrected chi connectivity index (χ0v) is 16.7. The van der Waals surface area contributed by atoms with Gasteiger partial charge >= 0.3 is 0 Å². The number of carbonyl (C=O) groups excluding carboxylic acids is 1. The van der Waals surface area contributed by atoms with Crippen LogP contribution in [0.1, 0.15) is 30.4 Å². The Hall–Kier alpha value is -3.15. The third-order valence-corrected chi connectivity index (χ3v) is 4.41. The van der Waals surface area contributed by atoms with Crippen molar-refractivity contribution in [3.05, 3.63) is 65.5 Å². The Morgan fingerprint density at radius 3 is 2.54 bits per heavy atom. The molecule has 1 heterocycles. The molecule has 2 aromatic carbocycles. The first-order chi connectivity index (χ1) is 13.5. The van der Waals surface area contributed by atoms with E-state index in [2.05, 4.69) is 10.1 Å². The molecule has 3 aromatic rings. The van der Waals surface area contributed by atoms with Crippen LogP contribution in [0.4, 0.5) is 0 Å². The maximum absolute atomic E-state index is 12.8. The van der Waals surface area contributed by atoms with Gasteiger partial charge in [-0.2, -0.15) is 4.98 Å². The molecule has 0 N–H and O–H groups in total. The summed E-state index contributed by atoms with van der Waals surface area (Å²) in [6.07, 6.45) is 0.00105. The molecule has 0 aliphatic heterocycles. The number of aryl methyl sites for hydroxylation is 2. The fourth-order valence-corrected chi connectivity index (χ4v) is 2.91. The first-order valence-electron chi connectivity index (χ1n) is 9.34. The molecule has 3 rings (SSSR count). The van der Waals surface area contributed by atoms with Gasteiger partial charge in [0.15, 0.2) is 6.10 Å². The Balaban J connectivity index is 1.66. The molecule has 0 aliphatic rings. The third-order valence-electron chi connectivity index (χ3n) is 4.41. The normalized spacial score (nSPS) is 11.9. The van der Waals surface area contributed by atoms with Crippen LogP contribution in [-0.4, -0.2) is 34.1 Å². The average molecular weight is 379 g/mol. The van der Waals surface area contributed by atoms with Crippen molar-refractivity contribution in [1.82, 2.24) is 15.0 Å². The second-order valence-corrected chi connectivity index (χ2v) is 6.91. The van der Waals surface area contributed by atoms with Crippen LogP contribution in [0.5, 0.6) is 5.75 Å². The van der Waals surface area contributed by atoms with E-state index in [1.165, 1.54) is 0 Å². The first kappa shape index (κ1) is 19.6. The number of hydrogen-bond donors (Lipinski definition) is 0. The van der Waals surface area contributed by atoms with Gasteiger partial charge in [-0.3, -0.25) is 4.79 Å². The first-order valence-corrected chi connectivity index (χ1v) is 9.34. The lowest BCUT2D eigenvalue weighted by Crippen LogP contribution is -2.39. The summed E-state index contributed by atoms with van der Waals surface area (Å²) >= 11 is 0. The topological polar surface area (TPSA) is 68.5 Å². The van der Waals surface area contributed by atoms with Crippen LogP contribution in [-0.2, 0) is 11.3 Å². The number of hydrogen-bond acceptors (Lipinski definition) is 5. The van der Waals surface area contributed by atoms with Gasteiger partial charge in [0.2, 0.25) is 11.7 Å². The monoisotopic (exact) mass is 379 g/mol. The molecule has 146 valence electrons. The van der Waals surface area contributed by atoms with Crippen molar-refractivity contribution in [2.45, 2.75) is 39.8 Å². The van der Waals surface area contributed by atoms with Gasteiger partial charge in [0.1, 0.15) is 5.75 Å². The van der Waals surface area contributed by atoms with Gasteiger partial charge in [0, 0.05) is 12.6 Å². The van der Waals surface area contributed by atoms with E-state index in [0.29, 0.717) is 23.9 Å². The Morgan fingerprint density at radius 2 is 1.86 bits per heavy atom. The molecule has 6 nitrogen and oxygen atoms in total. The second kappa shape index (κ2) is 8.69. The maximum atomic E-state index is 12.8. The summed E-state index contributed by atoms with van der Waals surface area (Å²) in [6.45, 7) is 6.15. The molecule has 0 unspecified atom stereocenters. The predicted molar refractivity (Wildman–Crippen MR) is 107 cm³/mol. The van der Waals surface area contributed by atoms with E-state index in [1.807, 2.05) is 69.3 Å². The number of ether oxygens (including phenoxy) is 1. The molecule has 0 spiro atoms. The maximum Gasteiger partial charge on any atom is 0.263 e. The summed E-state index contributed by atoms with van der Waals surface area (Å²) in [7, 11) is 1.71. The van der Waals surface area contributed by atoms with E-state index in [0.717, 1.165) is 16.7 Å². The largest absolute Gasteiger partial charge is 0.481 e. The van der Waals surface area contributed by atoms with E-state index in [4.69, 9.17) is 9.26 Å². The lowest BCUT2D eigenvalue weighted by atomic mass is 10.1. The minimum atomic E-state index is -0.564. The van der Waals surface area contributed by atoms with E-state index in [-0.39, 0.29) is 12.5 Å². The van der Waals surface area contributed by atoms with Crippen LogP contribution >= 0.6 is 0 Å². The Kier molecular flexibility index (Phi) is 6.09. The molecule has 0 aliphatic carbocycles. The van der Waals surface area contributed by atoms with Gasteiger partial charge in [0.05, 0.1) is 6.54 Å². The van der Waals surface area contributed by atoms with Crippen molar-refractivity contribution < 1.29 is 14.1 Å². The summed E-state index contributed by atoms with van der Waals surface area (Å²) in [5.41, 5.74) is 3.09. The standard InChI is InChI=1S/C22H25N3O3/c1-5-19(27-18-11-7-9-16(3)13-18)22(26)25(4)14-20-23-21(24-28-20)17-10-6-8-15(2)12-17/h6-13,19H,5,14H2,1-4H3/t19-/m1/s1. The number of carbonyl (C=O) groups is 1. The number of amides is 1. The Morgan fingerprint density at radius 1 is 1.14 bits per heavy atom. The van der Waals surface area contributed by atoms with Crippen LogP contribution in [0, 0.1) is 13.8 Å². The highest BCUT2D eigenvalue weighted by Gasteiger charge is 2.24. The summed E-state index contributed by atoms with van der Waals surface area (Å²) in [5, 5.41) is 4.03. The predicted octanol–water partition coefficient (Wildman–Crippen LogP) is 4.17. The summed E-state index contributed by atoms with van der Waals surface area (Å²) in [5.74, 6) is 1.47. The van der Waals surface area contributed by atoms with Crippen molar-refractivity contribution in [2.24, 2.45) is 0 Å². The lowest BCUT2D eigenvalue weighted by Gasteiger charge is -2.22. The fraction of sp³-hybridized carbons (Fsp3) is 0.318. The van der Waals surface area contributed by atoms with Crippen LogP contribution in [0.2, 0.25) is 0 Å². The molecular formula is C22H25N3O3. The molecular weight excluding hydrogens is 354 g/mol. The number of nitrogens with zero attached hydrogens (tertiary/aromatic N) is 3. The Bertz CT molecular complexity index is 951. The van der Waals surface area contributed by atoms with E-state index < -0.39 is 6.10 Å². The van der Waals surface area contributed by atoms with Crippen molar-refractivity contribution in [1.29, 1.82) is 0 Å². The zero-order chi connectivity index (χ0) is 20.1. The molecule has 0 saturated heterocycles. The molecule has 1 amide bonds. The zero-order valence-electron chi connectivity index (χ0n) is 16.7. The van der Waals surface area contributed by atoms with Crippen LogP contribution in [0.15, 0.2) is 53.1 Å². The minimum Gasteiger partial charge on any atom is -0.481 e. The molecule has 0 radical (unpaired) electrons.